The van der Waals surface area contributed by atoms with E-state index in [1.807, 2.05) is 0 Å². The van der Waals surface area contributed by atoms with E-state index in [-0.39, 0.29) is 11.3 Å². The number of fused-ring (bicyclic) bond motifs is 1. The van der Waals surface area contributed by atoms with E-state index in [2.05, 4.69) is 11.2 Å². The van der Waals surface area contributed by atoms with Crippen LogP contribution >= 0.6 is 0 Å². The summed E-state index contributed by atoms with van der Waals surface area (Å²) in [5, 5.41) is 11.0. The van der Waals surface area contributed by atoms with Gasteiger partial charge >= 0.3 is 11.9 Å². The zero-order valence-electron chi connectivity index (χ0n) is 11.0. The number of cyclic esters (lactones) is 1. The van der Waals surface area contributed by atoms with Gasteiger partial charge in [-0.05, 0) is 24.6 Å². The van der Waals surface area contributed by atoms with Gasteiger partial charge < -0.3 is 15.2 Å². The molecule has 2 N–H and O–H groups in total. The van der Waals surface area contributed by atoms with Gasteiger partial charge in [-0.2, -0.15) is 0 Å². The van der Waals surface area contributed by atoms with Crippen molar-refractivity contribution >= 4 is 23.4 Å². The van der Waals surface area contributed by atoms with Crippen LogP contribution in [0.3, 0.4) is 0 Å². The van der Waals surface area contributed by atoms with E-state index < -0.39 is 24.3 Å². The number of aliphatic carboxylic acids is 1. The lowest BCUT2D eigenvalue weighted by molar-refractivity contribution is -0.134. The third-order valence-corrected chi connectivity index (χ3v) is 2.84. The monoisotopic (exact) mass is 289 g/mol. The van der Waals surface area contributed by atoms with Gasteiger partial charge in [0.1, 0.15) is 18.1 Å². The van der Waals surface area contributed by atoms with Crippen LogP contribution < -0.4 is 5.32 Å². The number of halogens is 1. The Morgan fingerprint density at radius 2 is 2.24 bits per heavy atom. The number of allylic oxidation sites excluding steroid dienone is 1. The molecule has 1 aliphatic heterocycles. The van der Waals surface area contributed by atoms with Crippen molar-refractivity contribution in [1.82, 2.24) is 0 Å². The summed E-state index contributed by atoms with van der Waals surface area (Å²) in [5.41, 5.74) is 0.531. The van der Waals surface area contributed by atoms with Crippen molar-refractivity contribution in [2.75, 3.05) is 11.9 Å². The van der Waals surface area contributed by atoms with Gasteiger partial charge in [-0.15, -0.1) is 12.3 Å². The molecule has 6 heteroatoms. The number of unbranched alkanes of at least 4 members (excludes halogenated alkanes) is 1. The van der Waals surface area contributed by atoms with Gasteiger partial charge in [0, 0.05) is 12.0 Å². The first-order valence-corrected chi connectivity index (χ1v) is 6.18. The number of nitrogens with one attached hydrogen (secondary N) is 1. The smallest absolute Gasteiger partial charge is 0.344 e. The van der Waals surface area contributed by atoms with Gasteiger partial charge in [0.2, 0.25) is 0 Å². The average Bonchev–Trinajstić information content (AvgIpc) is 2.73. The molecule has 0 saturated heterocycles. The van der Waals surface area contributed by atoms with Crippen LogP contribution in [0, 0.1) is 18.2 Å². The highest BCUT2D eigenvalue weighted by atomic mass is 19.1. The molecular formula is C15H12FNO4. The molecule has 0 spiro atoms. The molecular weight excluding hydrogens is 277 g/mol. The number of carboxylic acid groups (broad SMARTS) is 1. The second kappa shape index (κ2) is 6.09. The number of hydrogen-bond donors (Lipinski definition) is 2. The molecule has 0 aliphatic carbocycles. The zero-order chi connectivity index (χ0) is 15.4. The third kappa shape index (κ3) is 3.20. The van der Waals surface area contributed by atoms with Crippen molar-refractivity contribution in [3.63, 3.8) is 0 Å². The molecule has 108 valence electrons. The van der Waals surface area contributed by atoms with Gasteiger partial charge in [-0.1, -0.05) is 0 Å². The Kier molecular flexibility index (Phi) is 4.24. The number of carbonyl (C=O) groups excluding carboxylic acids is 1. The van der Waals surface area contributed by atoms with Crippen LogP contribution in [0.25, 0.3) is 5.76 Å². The normalized spacial score (nSPS) is 14.5. The first-order valence-electron chi connectivity index (χ1n) is 6.18. The van der Waals surface area contributed by atoms with E-state index in [9.17, 15) is 14.0 Å². The maximum atomic E-state index is 13.8. The Hall–Kier alpha value is -2.81. The number of terminal acetylenes is 1. The van der Waals surface area contributed by atoms with Crippen molar-refractivity contribution in [3.8, 4) is 12.3 Å². The highest BCUT2D eigenvalue weighted by Crippen LogP contribution is 2.33. The van der Waals surface area contributed by atoms with Crippen molar-refractivity contribution in [2.24, 2.45) is 0 Å². The Morgan fingerprint density at radius 3 is 2.90 bits per heavy atom. The van der Waals surface area contributed by atoms with E-state index in [0.717, 1.165) is 6.07 Å². The SMILES string of the molecule is C#CCC/C=C1/OC(=O)c2cc(F)c(NCC(=O)O)cc21. The quantitative estimate of drug-likeness (QED) is 0.494. The van der Waals surface area contributed by atoms with Crippen molar-refractivity contribution in [3.05, 3.63) is 35.2 Å². The minimum atomic E-state index is -1.12. The summed E-state index contributed by atoms with van der Waals surface area (Å²) in [7, 11) is 0. The summed E-state index contributed by atoms with van der Waals surface area (Å²) in [5.74, 6) is 0.298. The Labute approximate surface area is 120 Å². The summed E-state index contributed by atoms with van der Waals surface area (Å²) in [6.07, 6.45) is 7.81. The van der Waals surface area contributed by atoms with Gasteiger partial charge in [0.25, 0.3) is 0 Å². The van der Waals surface area contributed by atoms with E-state index in [0.29, 0.717) is 24.2 Å². The number of hydrogen-bond acceptors (Lipinski definition) is 4. The molecule has 21 heavy (non-hydrogen) atoms. The number of benzene rings is 1. The molecule has 5 nitrogen and oxygen atoms in total. The predicted molar refractivity (Wildman–Crippen MR) is 74.0 cm³/mol. The van der Waals surface area contributed by atoms with Crippen LogP contribution in [-0.4, -0.2) is 23.6 Å². The topological polar surface area (TPSA) is 75.6 Å². The molecule has 0 bridgehead atoms. The van der Waals surface area contributed by atoms with Gasteiger partial charge in [-0.3, -0.25) is 4.79 Å². The maximum Gasteiger partial charge on any atom is 0.344 e. The van der Waals surface area contributed by atoms with Crippen LogP contribution in [0.1, 0.15) is 28.8 Å². The molecule has 0 amide bonds. The lowest BCUT2D eigenvalue weighted by atomic mass is 10.1. The minimum absolute atomic E-state index is 0.00250. The molecule has 0 fully saturated rings. The summed E-state index contributed by atoms with van der Waals surface area (Å²) in [6, 6.07) is 2.39. The number of esters is 1. The number of carboxylic acids is 1. The zero-order valence-corrected chi connectivity index (χ0v) is 11.0. The number of anilines is 1. The second-order valence-corrected chi connectivity index (χ2v) is 4.33. The van der Waals surface area contributed by atoms with Crippen molar-refractivity contribution in [2.45, 2.75) is 12.8 Å². The van der Waals surface area contributed by atoms with Crippen LogP contribution in [0.4, 0.5) is 10.1 Å². The van der Waals surface area contributed by atoms with Gasteiger partial charge in [0.15, 0.2) is 0 Å². The molecule has 0 aromatic heterocycles. The summed E-state index contributed by atoms with van der Waals surface area (Å²) in [6.45, 7) is -0.430. The molecule has 1 aromatic rings. The predicted octanol–water partition coefficient (Wildman–Crippen LogP) is 2.25. The van der Waals surface area contributed by atoms with Crippen molar-refractivity contribution in [1.29, 1.82) is 0 Å². The minimum Gasteiger partial charge on any atom is -0.480 e. The lowest BCUT2D eigenvalue weighted by Crippen LogP contribution is -2.13. The average molecular weight is 289 g/mol. The fraction of sp³-hybridized carbons (Fsp3) is 0.200. The number of rotatable bonds is 5. The first-order chi connectivity index (χ1) is 10.0. The van der Waals surface area contributed by atoms with Gasteiger partial charge in [0.05, 0.1) is 11.3 Å². The Balaban J connectivity index is 2.33. The molecule has 0 atom stereocenters. The molecule has 1 aliphatic rings. The molecule has 2 rings (SSSR count). The molecule has 0 saturated carbocycles. The van der Waals surface area contributed by atoms with Crippen LogP contribution in [0.15, 0.2) is 18.2 Å². The van der Waals surface area contributed by atoms with E-state index >= 15 is 0 Å². The second-order valence-electron chi connectivity index (χ2n) is 4.33. The number of carbonyl (C=O) groups is 2. The summed E-state index contributed by atoms with van der Waals surface area (Å²) < 4.78 is 18.8. The molecule has 1 aromatic carbocycles. The maximum absolute atomic E-state index is 13.8. The van der Waals surface area contributed by atoms with Gasteiger partial charge in [-0.25, -0.2) is 9.18 Å². The highest BCUT2D eigenvalue weighted by Gasteiger charge is 2.28. The lowest BCUT2D eigenvalue weighted by Gasteiger charge is -2.06. The fourth-order valence-electron chi connectivity index (χ4n) is 1.90. The summed E-state index contributed by atoms with van der Waals surface area (Å²) >= 11 is 0. The van der Waals surface area contributed by atoms with Crippen LogP contribution in [0.2, 0.25) is 0 Å². The molecule has 0 unspecified atom stereocenters. The molecule has 0 radical (unpaired) electrons. The van der Waals surface area contributed by atoms with Crippen molar-refractivity contribution < 1.29 is 23.8 Å². The Morgan fingerprint density at radius 1 is 1.48 bits per heavy atom. The van der Waals surface area contributed by atoms with E-state index in [1.165, 1.54) is 6.07 Å². The molecule has 1 heterocycles. The van der Waals surface area contributed by atoms with Crippen LogP contribution in [0.5, 0.6) is 0 Å². The Bertz CT molecular complexity index is 673. The third-order valence-electron chi connectivity index (χ3n) is 2.84. The fourth-order valence-corrected chi connectivity index (χ4v) is 1.90. The first kappa shape index (κ1) is 14.6. The standard InChI is InChI=1S/C15H12FNO4/c1-2-3-4-5-13-9-7-12(17-8-14(18)19)11(16)6-10(9)15(20)21-13/h1,5-7,17H,3-4,8H2,(H,18,19)/b13-5+. The summed E-state index contributed by atoms with van der Waals surface area (Å²) in [4.78, 5) is 22.2. The van der Waals surface area contributed by atoms with E-state index in [1.54, 1.807) is 6.08 Å². The highest BCUT2D eigenvalue weighted by molar-refractivity contribution is 6.03. The van der Waals surface area contributed by atoms with E-state index in [4.69, 9.17) is 16.3 Å². The number of ether oxygens (including phenoxy) is 1. The van der Waals surface area contributed by atoms with Crippen LogP contribution in [-0.2, 0) is 9.53 Å². The largest absolute Gasteiger partial charge is 0.480 e.